The summed E-state index contributed by atoms with van der Waals surface area (Å²) >= 11 is 0. The molecule has 1 N–H and O–H groups in total. The largest absolute Gasteiger partial charge is 0.497 e. The predicted molar refractivity (Wildman–Crippen MR) is 206 cm³/mol. The molecule has 4 aromatic carbocycles. The third-order valence-corrected chi connectivity index (χ3v) is 11.5. The summed E-state index contributed by atoms with van der Waals surface area (Å²) < 4.78 is 100. The Balaban J connectivity index is 1.34. The summed E-state index contributed by atoms with van der Waals surface area (Å²) in [5.41, 5.74) is 2.04. The first-order chi connectivity index (χ1) is 27.4. The van der Waals surface area contributed by atoms with E-state index in [1.165, 1.54) is 76.4 Å². The third kappa shape index (κ3) is 8.71. The zero-order valence-corrected chi connectivity index (χ0v) is 32.6. The number of aromatic nitrogens is 1. The number of carbonyl (C=O) groups is 1. The van der Waals surface area contributed by atoms with Gasteiger partial charge in [0.2, 0.25) is 11.7 Å². The minimum absolute atomic E-state index is 0.111. The van der Waals surface area contributed by atoms with Gasteiger partial charge in [-0.15, -0.1) is 0 Å². The molecule has 57 heavy (non-hydrogen) atoms. The van der Waals surface area contributed by atoms with E-state index in [9.17, 15) is 26.4 Å². The molecule has 1 aliphatic rings. The molecule has 0 spiro atoms. The van der Waals surface area contributed by atoms with Crippen molar-refractivity contribution in [2.24, 2.45) is 0 Å². The lowest BCUT2D eigenvalue weighted by molar-refractivity contribution is -0.117. The van der Waals surface area contributed by atoms with E-state index in [1.54, 1.807) is 53.4 Å². The zero-order valence-electron chi connectivity index (χ0n) is 31.8. The molecule has 1 amide bonds. The van der Waals surface area contributed by atoms with Gasteiger partial charge in [-0.1, -0.05) is 24.3 Å². The van der Waals surface area contributed by atoms with Gasteiger partial charge in [0, 0.05) is 66.8 Å². The predicted octanol–water partition coefficient (Wildman–Crippen LogP) is 6.93. The van der Waals surface area contributed by atoms with Crippen molar-refractivity contribution in [3.05, 3.63) is 125 Å². The van der Waals surface area contributed by atoms with Crippen LogP contribution in [0.4, 0.5) is 24.5 Å². The lowest BCUT2D eigenvalue weighted by Crippen LogP contribution is -2.40. The Morgan fingerprint density at radius 2 is 1.40 bits per heavy atom. The maximum atomic E-state index is 14.9. The van der Waals surface area contributed by atoms with Crippen LogP contribution in [0, 0.1) is 17.5 Å². The second-order valence-electron chi connectivity index (χ2n) is 13.1. The Kier molecular flexibility index (Phi) is 12.4. The molecule has 2 heterocycles. The van der Waals surface area contributed by atoms with Crippen molar-refractivity contribution in [1.82, 2.24) is 9.29 Å². The first-order valence-corrected chi connectivity index (χ1v) is 19.1. The molecule has 12 nitrogen and oxygen atoms in total. The van der Waals surface area contributed by atoms with Crippen molar-refractivity contribution in [3.8, 4) is 28.7 Å². The fourth-order valence-corrected chi connectivity index (χ4v) is 8.18. The van der Waals surface area contributed by atoms with E-state index in [4.69, 9.17) is 23.7 Å². The maximum Gasteiger partial charge on any atom is 0.261 e. The van der Waals surface area contributed by atoms with Gasteiger partial charge in [-0.2, -0.15) is 8.70 Å². The van der Waals surface area contributed by atoms with Crippen LogP contribution in [-0.4, -0.2) is 71.7 Å². The van der Waals surface area contributed by atoms with E-state index in [1.807, 2.05) is 0 Å². The SMILES string of the molecule is COc1ccc(CN(Cc2ccc(OC)cc2OC)S(=O)(=O)c2cc(NC(=O)C3CC(c4ccc(F)cc4)CN3c3ccc(F)c(F)c3OC)ccn2)c(OC)c1. The lowest BCUT2D eigenvalue weighted by Gasteiger charge is -2.28. The van der Waals surface area contributed by atoms with Crippen molar-refractivity contribution in [2.75, 3.05) is 52.3 Å². The molecule has 6 rings (SSSR count). The molecule has 1 fully saturated rings. The van der Waals surface area contributed by atoms with E-state index in [2.05, 4.69) is 10.3 Å². The summed E-state index contributed by atoms with van der Waals surface area (Å²) in [7, 11) is 2.73. The third-order valence-electron chi connectivity index (χ3n) is 9.78. The average Bonchev–Trinajstić information content (AvgIpc) is 3.67. The highest BCUT2D eigenvalue weighted by Crippen LogP contribution is 2.41. The second-order valence-corrected chi connectivity index (χ2v) is 15.0. The number of halogens is 3. The molecule has 5 aromatic rings. The summed E-state index contributed by atoms with van der Waals surface area (Å²) in [5.74, 6) is -2.22. The maximum absolute atomic E-state index is 14.9. The molecular formula is C41H41F3N4O8S. The number of carbonyl (C=O) groups excluding carboxylic acids is 1. The van der Waals surface area contributed by atoms with Crippen LogP contribution in [-0.2, 0) is 27.9 Å². The quantitative estimate of drug-likeness (QED) is 0.119. The van der Waals surface area contributed by atoms with E-state index in [-0.39, 0.29) is 54.1 Å². The summed E-state index contributed by atoms with van der Waals surface area (Å²) in [6.07, 6.45) is 1.46. The number of hydrogen-bond donors (Lipinski definition) is 1. The van der Waals surface area contributed by atoms with Crippen LogP contribution in [0.5, 0.6) is 28.7 Å². The van der Waals surface area contributed by atoms with Crippen molar-refractivity contribution in [3.63, 3.8) is 0 Å². The van der Waals surface area contributed by atoms with Crippen molar-refractivity contribution < 1.29 is 50.1 Å². The van der Waals surface area contributed by atoms with Crippen molar-refractivity contribution >= 4 is 27.3 Å². The number of ether oxygens (including phenoxy) is 5. The van der Waals surface area contributed by atoms with Crippen LogP contribution < -0.4 is 33.9 Å². The number of benzene rings is 4. The number of rotatable bonds is 15. The van der Waals surface area contributed by atoms with E-state index in [0.29, 0.717) is 34.1 Å². The zero-order chi connectivity index (χ0) is 40.9. The van der Waals surface area contributed by atoms with Gasteiger partial charge in [-0.3, -0.25) is 4.79 Å². The molecule has 0 aliphatic carbocycles. The number of sulfonamides is 1. The fourth-order valence-electron chi connectivity index (χ4n) is 6.83. The lowest BCUT2D eigenvalue weighted by atomic mass is 9.96. The second kappa shape index (κ2) is 17.4. The first-order valence-electron chi connectivity index (χ1n) is 17.6. The average molecular weight is 807 g/mol. The van der Waals surface area contributed by atoms with Gasteiger partial charge in [0.25, 0.3) is 10.0 Å². The molecule has 1 aliphatic heterocycles. The van der Waals surface area contributed by atoms with Gasteiger partial charge in [0.1, 0.15) is 34.9 Å². The van der Waals surface area contributed by atoms with Crippen molar-refractivity contribution in [2.45, 2.75) is 36.5 Å². The van der Waals surface area contributed by atoms with Gasteiger partial charge in [0.05, 0.1) is 41.2 Å². The molecule has 0 saturated carbocycles. The van der Waals surface area contributed by atoms with E-state index < -0.39 is 39.4 Å². The summed E-state index contributed by atoms with van der Waals surface area (Å²) in [6.45, 7) is -0.124. The summed E-state index contributed by atoms with van der Waals surface area (Å²) in [6, 6.07) is 19.9. The molecule has 0 radical (unpaired) electrons. The number of nitrogens with zero attached hydrogens (tertiary/aromatic N) is 3. The van der Waals surface area contributed by atoms with Crippen LogP contribution in [0.3, 0.4) is 0 Å². The molecule has 2 unspecified atom stereocenters. The molecule has 16 heteroatoms. The first kappa shape index (κ1) is 40.7. The topological polar surface area (TPSA) is 129 Å². The number of anilines is 2. The summed E-state index contributed by atoms with van der Waals surface area (Å²) in [5, 5.41) is 2.44. The number of hydrogen-bond acceptors (Lipinski definition) is 10. The van der Waals surface area contributed by atoms with E-state index >= 15 is 0 Å². The van der Waals surface area contributed by atoms with Crippen molar-refractivity contribution in [1.29, 1.82) is 0 Å². The van der Waals surface area contributed by atoms with Gasteiger partial charge in [-0.25, -0.2) is 22.2 Å². The Morgan fingerprint density at radius 3 is 1.96 bits per heavy atom. The van der Waals surface area contributed by atoms with Gasteiger partial charge in [0.15, 0.2) is 16.6 Å². The van der Waals surface area contributed by atoms with E-state index in [0.717, 1.165) is 11.6 Å². The Bertz CT molecular complexity index is 2290. The van der Waals surface area contributed by atoms with Crippen LogP contribution in [0.2, 0.25) is 0 Å². The van der Waals surface area contributed by atoms with Crippen LogP contribution in [0.1, 0.15) is 29.0 Å². The fraction of sp³-hybridized carbons (Fsp3) is 0.268. The Morgan fingerprint density at radius 1 is 0.789 bits per heavy atom. The minimum Gasteiger partial charge on any atom is -0.497 e. The molecule has 300 valence electrons. The number of amides is 1. The highest BCUT2D eigenvalue weighted by atomic mass is 32.2. The van der Waals surface area contributed by atoms with Crippen LogP contribution in [0.15, 0.2) is 96.2 Å². The van der Waals surface area contributed by atoms with Gasteiger partial charge >= 0.3 is 0 Å². The van der Waals surface area contributed by atoms with Gasteiger partial charge in [-0.05, 0) is 54.4 Å². The minimum atomic E-state index is -4.41. The monoisotopic (exact) mass is 806 g/mol. The normalized spacial score (nSPS) is 15.4. The standard InChI is InChI=1S/C41H41F3N4O8S/c1-52-31-12-8-26(36(20-31)54-3)22-47(23-27-9-13-32(53-2)21-37(27)55-4)57(50,51)38-19-30(16-17-45-38)46-41(49)35-18-28(25-6-10-29(42)11-7-25)24-48(35)34-15-14-33(43)39(44)40(34)56-5/h6-17,19-21,28,35H,18,22-24H2,1-5H3,(H,45,46,49). The molecule has 0 bridgehead atoms. The molecule has 2 atom stereocenters. The van der Waals surface area contributed by atoms with Crippen LogP contribution >= 0.6 is 0 Å². The number of methoxy groups -OCH3 is 5. The summed E-state index contributed by atoms with van der Waals surface area (Å²) in [4.78, 5) is 20.0. The molecule has 1 aromatic heterocycles. The van der Waals surface area contributed by atoms with Gasteiger partial charge < -0.3 is 33.9 Å². The number of pyridine rings is 1. The highest BCUT2D eigenvalue weighted by Gasteiger charge is 2.40. The molecule has 1 saturated heterocycles. The highest BCUT2D eigenvalue weighted by molar-refractivity contribution is 7.89. The van der Waals surface area contributed by atoms with Crippen LogP contribution in [0.25, 0.3) is 0 Å². The smallest absolute Gasteiger partial charge is 0.261 e. The Hall–Kier alpha value is -6.00. The number of nitrogens with one attached hydrogen (secondary N) is 1. The molecular weight excluding hydrogens is 766 g/mol. The Labute approximate surface area is 328 Å².